The van der Waals surface area contributed by atoms with Gasteiger partial charge >= 0.3 is 5.97 Å². The number of phosphoric ester groups is 1. The maximum absolute atomic E-state index is 13.4. The van der Waals surface area contributed by atoms with Crippen LogP contribution >= 0.6 is 7.82 Å². The molecule has 0 spiro atoms. The third kappa shape index (κ3) is 47.1. The number of phosphoric acid groups is 1. The molecule has 0 radical (unpaired) electrons. The summed E-state index contributed by atoms with van der Waals surface area (Å²) in [6, 6.07) is -0.890. The second-order valence-corrected chi connectivity index (χ2v) is 21.2. The first-order valence-electron chi connectivity index (χ1n) is 27.5. The number of nitrogens with one attached hydrogen (secondary N) is 1. The fourth-order valence-electron chi connectivity index (χ4n) is 7.82. The van der Waals surface area contributed by atoms with Crippen molar-refractivity contribution in [3.05, 3.63) is 48.6 Å². The molecule has 10 heteroatoms. The van der Waals surface area contributed by atoms with Gasteiger partial charge in [-0.05, 0) is 51.0 Å². The van der Waals surface area contributed by atoms with E-state index < -0.39 is 26.6 Å². The van der Waals surface area contributed by atoms with Crippen molar-refractivity contribution in [2.45, 2.75) is 258 Å². The molecule has 9 nitrogen and oxygen atoms in total. The molecule has 66 heavy (non-hydrogen) atoms. The quantitative estimate of drug-likeness (QED) is 0.0161. The Morgan fingerprint density at radius 2 is 0.970 bits per heavy atom. The van der Waals surface area contributed by atoms with Gasteiger partial charge in [0.25, 0.3) is 7.82 Å². The first kappa shape index (κ1) is 64.0. The monoisotopic (exact) mass is 949 g/mol. The van der Waals surface area contributed by atoms with E-state index in [2.05, 4.69) is 62.5 Å². The Hall–Kier alpha value is -2.03. The van der Waals surface area contributed by atoms with Crippen molar-refractivity contribution < 1.29 is 37.3 Å². The Morgan fingerprint density at radius 3 is 1.44 bits per heavy atom. The van der Waals surface area contributed by atoms with Crippen LogP contribution in [0.5, 0.6) is 0 Å². The number of unbranched alkanes of at least 4 members (excludes halogenated alkanes) is 29. The lowest BCUT2D eigenvalue weighted by Gasteiger charge is -2.30. The van der Waals surface area contributed by atoms with Crippen LogP contribution in [0.3, 0.4) is 0 Å². The summed E-state index contributed by atoms with van der Waals surface area (Å²) in [5.41, 5.74) is 0. The number of ether oxygens (including phenoxy) is 1. The zero-order valence-electron chi connectivity index (χ0n) is 43.9. The summed E-state index contributed by atoms with van der Waals surface area (Å²) in [6.45, 7) is 6.70. The first-order chi connectivity index (χ1) is 31.9. The predicted molar refractivity (Wildman–Crippen MR) is 279 cm³/mol. The fourth-order valence-corrected chi connectivity index (χ4v) is 8.54. The molecule has 3 unspecified atom stereocenters. The molecule has 0 bridgehead atoms. The molecule has 1 N–H and O–H groups in total. The van der Waals surface area contributed by atoms with E-state index in [1.807, 2.05) is 33.3 Å². The zero-order valence-corrected chi connectivity index (χ0v) is 44.8. The van der Waals surface area contributed by atoms with E-state index >= 15 is 0 Å². The minimum absolute atomic E-state index is 0.0244. The molecule has 0 aromatic rings. The van der Waals surface area contributed by atoms with Gasteiger partial charge in [-0.2, -0.15) is 0 Å². The van der Waals surface area contributed by atoms with Crippen molar-refractivity contribution in [1.82, 2.24) is 5.32 Å². The van der Waals surface area contributed by atoms with Crippen LogP contribution in [0.25, 0.3) is 0 Å². The van der Waals surface area contributed by atoms with Crippen molar-refractivity contribution in [3.8, 4) is 0 Å². The topological polar surface area (TPSA) is 114 Å². The minimum atomic E-state index is -4.69. The van der Waals surface area contributed by atoms with E-state index in [9.17, 15) is 19.0 Å². The molecule has 0 aliphatic carbocycles. The van der Waals surface area contributed by atoms with E-state index in [0.29, 0.717) is 17.4 Å². The Balaban J connectivity index is 5.40. The largest absolute Gasteiger partial charge is 0.756 e. The Kier molecular flexibility index (Phi) is 45.3. The molecule has 0 aliphatic rings. The highest BCUT2D eigenvalue weighted by Crippen LogP contribution is 2.38. The Morgan fingerprint density at radius 1 is 0.545 bits per heavy atom. The van der Waals surface area contributed by atoms with E-state index in [-0.39, 0.29) is 24.9 Å². The zero-order chi connectivity index (χ0) is 48.7. The molecule has 0 aliphatic heterocycles. The van der Waals surface area contributed by atoms with Crippen LogP contribution < -0.4 is 10.2 Å². The van der Waals surface area contributed by atoms with Crippen LogP contribution in [0.4, 0.5) is 0 Å². The number of hydrogen-bond acceptors (Lipinski definition) is 7. The summed E-state index contributed by atoms with van der Waals surface area (Å²) >= 11 is 0. The number of amides is 1. The van der Waals surface area contributed by atoms with Gasteiger partial charge in [-0.3, -0.25) is 14.2 Å². The van der Waals surface area contributed by atoms with Gasteiger partial charge in [-0.15, -0.1) is 0 Å². The molecule has 0 aromatic carbocycles. The molecule has 0 heterocycles. The lowest BCUT2D eigenvalue weighted by Crippen LogP contribution is -2.47. The number of esters is 1. The third-order valence-electron chi connectivity index (χ3n) is 12.1. The maximum atomic E-state index is 13.4. The van der Waals surface area contributed by atoms with Gasteiger partial charge in [0.15, 0.2) is 0 Å². The number of hydrogen-bond donors (Lipinski definition) is 1. The van der Waals surface area contributed by atoms with Crippen LogP contribution in [0.15, 0.2) is 48.6 Å². The number of quaternary nitrogens is 1. The van der Waals surface area contributed by atoms with Crippen LogP contribution in [0.1, 0.15) is 245 Å². The molecule has 3 atom stereocenters. The highest BCUT2D eigenvalue weighted by atomic mass is 31.2. The minimum Gasteiger partial charge on any atom is -0.756 e. The molecular formula is C56H105N2O7P. The molecule has 386 valence electrons. The van der Waals surface area contributed by atoms with Crippen LogP contribution in [-0.4, -0.2) is 69.4 Å². The summed E-state index contributed by atoms with van der Waals surface area (Å²) in [4.78, 5) is 39.7. The van der Waals surface area contributed by atoms with E-state index in [0.717, 1.165) is 77.0 Å². The van der Waals surface area contributed by atoms with Crippen LogP contribution in [0.2, 0.25) is 0 Å². The second-order valence-electron chi connectivity index (χ2n) is 19.8. The van der Waals surface area contributed by atoms with Crippen molar-refractivity contribution >= 4 is 19.7 Å². The van der Waals surface area contributed by atoms with Crippen molar-refractivity contribution in [1.29, 1.82) is 0 Å². The molecular weight excluding hydrogens is 844 g/mol. The highest BCUT2D eigenvalue weighted by Gasteiger charge is 2.27. The number of likely N-dealkylation sites (N-methyl/N-ethyl adjacent to an activating group) is 1. The second kappa shape index (κ2) is 46.7. The van der Waals surface area contributed by atoms with Crippen molar-refractivity contribution in [2.75, 3.05) is 40.9 Å². The van der Waals surface area contributed by atoms with Crippen LogP contribution in [0, 0.1) is 0 Å². The van der Waals surface area contributed by atoms with E-state index in [1.165, 1.54) is 135 Å². The molecule has 0 saturated carbocycles. The normalized spacial score (nSPS) is 14.2. The first-order valence-corrected chi connectivity index (χ1v) is 28.9. The number of nitrogens with zero attached hydrogens (tertiary/aromatic N) is 1. The van der Waals surface area contributed by atoms with Gasteiger partial charge in [0.1, 0.15) is 19.3 Å². The van der Waals surface area contributed by atoms with Gasteiger partial charge in [0, 0.05) is 12.8 Å². The molecule has 0 aromatic heterocycles. The molecule has 0 fully saturated rings. The number of allylic oxidation sites excluding steroid dienone is 7. The number of carbonyl (C=O) groups excluding carboxylic acids is 2. The Labute approximate surface area is 408 Å². The van der Waals surface area contributed by atoms with Gasteiger partial charge in [-0.1, -0.05) is 230 Å². The fraction of sp³-hybridized carbons (Fsp3) is 0.821. The number of carbonyl (C=O) groups is 2. The maximum Gasteiger partial charge on any atom is 0.306 e. The summed E-state index contributed by atoms with van der Waals surface area (Å²) < 4.78 is 30.2. The van der Waals surface area contributed by atoms with Gasteiger partial charge < -0.3 is 28.5 Å². The molecule has 0 rings (SSSR count). The summed E-state index contributed by atoms with van der Waals surface area (Å²) in [5.74, 6) is -0.551. The highest BCUT2D eigenvalue weighted by molar-refractivity contribution is 7.45. The van der Waals surface area contributed by atoms with Crippen LogP contribution in [-0.2, 0) is 27.9 Å². The molecule has 1 amide bonds. The SMILES string of the molecule is CC/C=C/C=C/C=C/CCCCCCCCCC(=O)NC(COP(=O)([O-])OCC[N+](C)(C)C)C(/C=C/CCCCCCCCCCCC)OC(=O)CCCCCCCCCCCCCCC. The number of rotatable bonds is 49. The molecule has 0 saturated heterocycles. The summed E-state index contributed by atoms with van der Waals surface area (Å²) in [7, 11) is 1.18. The van der Waals surface area contributed by atoms with E-state index in [4.69, 9.17) is 13.8 Å². The van der Waals surface area contributed by atoms with Gasteiger partial charge in [-0.25, -0.2) is 0 Å². The van der Waals surface area contributed by atoms with Crippen molar-refractivity contribution in [3.63, 3.8) is 0 Å². The summed E-state index contributed by atoms with van der Waals surface area (Å²) in [6.07, 6.45) is 55.0. The average Bonchev–Trinajstić information content (AvgIpc) is 3.27. The van der Waals surface area contributed by atoms with Gasteiger partial charge in [0.2, 0.25) is 5.91 Å². The average molecular weight is 949 g/mol. The predicted octanol–water partition coefficient (Wildman–Crippen LogP) is 15.5. The smallest absolute Gasteiger partial charge is 0.306 e. The van der Waals surface area contributed by atoms with Crippen molar-refractivity contribution in [2.24, 2.45) is 0 Å². The summed E-state index contributed by atoms with van der Waals surface area (Å²) in [5, 5.41) is 3.01. The standard InChI is InChI=1S/C56H105N2O7P/c1-7-10-13-16-19-22-25-28-29-31-33-36-39-42-45-48-55(59)57-53(52-64-66(61,62)63-51-50-58(4,5)6)54(47-44-41-38-35-32-27-24-21-18-15-12-9-3)65-56(60)49-46-43-40-37-34-30-26-23-20-17-14-11-8-2/h10,13,16,19,22,25,44,47,53-54H,7-9,11-12,14-15,17-18,20-21,23-24,26-43,45-46,48-52H2,1-6H3,(H-,57,59,61,62)/b13-10+,19-16+,25-22+,47-44+. The van der Waals surface area contributed by atoms with Gasteiger partial charge in [0.05, 0.1) is 33.8 Å². The lowest BCUT2D eigenvalue weighted by atomic mass is 10.0. The lowest BCUT2D eigenvalue weighted by molar-refractivity contribution is -0.870. The third-order valence-corrected chi connectivity index (χ3v) is 13.0. The Bertz CT molecular complexity index is 1280. The van der Waals surface area contributed by atoms with E-state index in [1.54, 1.807) is 0 Å².